The molecular weight excluding hydrogens is 282 g/mol. The summed E-state index contributed by atoms with van der Waals surface area (Å²) < 4.78 is 16.8. The number of benzene rings is 1. The predicted octanol–water partition coefficient (Wildman–Crippen LogP) is 2.94. The highest BCUT2D eigenvalue weighted by Gasteiger charge is 2.17. The molecule has 2 N–H and O–H groups in total. The van der Waals surface area contributed by atoms with Gasteiger partial charge in [-0.25, -0.2) is 4.79 Å². The average molecular weight is 301 g/mol. The van der Waals surface area contributed by atoms with Crippen LogP contribution in [0.2, 0.25) is 0 Å². The molecule has 0 bridgehead atoms. The number of ether oxygens (including phenoxy) is 1. The van der Waals surface area contributed by atoms with Crippen molar-refractivity contribution >= 4 is 21.9 Å². The lowest BCUT2D eigenvalue weighted by atomic mass is 10.0. The van der Waals surface area contributed by atoms with Crippen molar-refractivity contribution in [3.63, 3.8) is 0 Å². The second kappa shape index (κ2) is 5.59. The maximum Gasteiger partial charge on any atom is 0.336 e. The zero-order valence-electron chi connectivity index (χ0n) is 13.0. The van der Waals surface area contributed by atoms with E-state index in [0.717, 1.165) is 38.8 Å². The molecule has 22 heavy (non-hydrogen) atoms. The Morgan fingerprint density at radius 2 is 1.77 bits per heavy atom. The Morgan fingerprint density at radius 1 is 1.05 bits per heavy atom. The van der Waals surface area contributed by atoms with Gasteiger partial charge in [-0.05, 0) is 32.4 Å². The number of hydrogen-bond acceptors (Lipinski definition) is 5. The van der Waals surface area contributed by atoms with Gasteiger partial charge in [-0.2, -0.15) is 0 Å². The number of furan rings is 1. The summed E-state index contributed by atoms with van der Waals surface area (Å²) in [5.41, 5.74) is 9.19. The molecule has 0 saturated heterocycles. The maximum atomic E-state index is 11.6. The van der Waals surface area contributed by atoms with Crippen LogP contribution in [0.1, 0.15) is 22.5 Å². The van der Waals surface area contributed by atoms with Crippen LogP contribution in [0.4, 0.5) is 0 Å². The van der Waals surface area contributed by atoms with Gasteiger partial charge >= 0.3 is 5.63 Å². The Morgan fingerprint density at radius 3 is 2.50 bits per heavy atom. The van der Waals surface area contributed by atoms with Crippen molar-refractivity contribution in [2.75, 3.05) is 13.2 Å². The molecule has 0 amide bonds. The second-order valence-electron chi connectivity index (χ2n) is 5.49. The largest absolute Gasteiger partial charge is 0.458 e. The van der Waals surface area contributed by atoms with Crippen LogP contribution < -0.4 is 11.4 Å². The van der Waals surface area contributed by atoms with Gasteiger partial charge in [0, 0.05) is 34.5 Å². The summed E-state index contributed by atoms with van der Waals surface area (Å²) in [6, 6.07) is 3.52. The van der Waals surface area contributed by atoms with Crippen LogP contribution >= 0.6 is 0 Å². The van der Waals surface area contributed by atoms with Crippen LogP contribution in [0.5, 0.6) is 0 Å². The fourth-order valence-corrected chi connectivity index (χ4v) is 2.74. The minimum atomic E-state index is -0.345. The lowest BCUT2D eigenvalue weighted by molar-refractivity contribution is 0.113. The molecule has 0 radical (unpaired) electrons. The van der Waals surface area contributed by atoms with Gasteiger partial charge in [-0.15, -0.1) is 0 Å². The average Bonchev–Trinajstić information content (AvgIpc) is 2.78. The van der Waals surface area contributed by atoms with Crippen molar-refractivity contribution in [3.8, 4) is 0 Å². The van der Waals surface area contributed by atoms with Crippen molar-refractivity contribution in [2.45, 2.75) is 27.4 Å². The van der Waals surface area contributed by atoms with E-state index in [4.69, 9.17) is 19.3 Å². The smallest absolute Gasteiger partial charge is 0.336 e. The van der Waals surface area contributed by atoms with E-state index in [2.05, 4.69) is 0 Å². The van der Waals surface area contributed by atoms with E-state index < -0.39 is 0 Å². The first-order valence-electron chi connectivity index (χ1n) is 7.26. The quantitative estimate of drug-likeness (QED) is 0.592. The molecule has 2 heterocycles. The predicted molar refractivity (Wildman–Crippen MR) is 85.2 cm³/mol. The van der Waals surface area contributed by atoms with E-state index in [1.807, 2.05) is 26.8 Å². The van der Waals surface area contributed by atoms with Crippen molar-refractivity contribution < 1.29 is 13.6 Å². The third-order valence-corrected chi connectivity index (χ3v) is 3.96. The van der Waals surface area contributed by atoms with Crippen molar-refractivity contribution in [3.05, 3.63) is 45.0 Å². The molecule has 0 aliphatic carbocycles. The second-order valence-corrected chi connectivity index (χ2v) is 5.49. The first-order valence-corrected chi connectivity index (χ1v) is 7.26. The van der Waals surface area contributed by atoms with E-state index in [1.165, 1.54) is 6.07 Å². The van der Waals surface area contributed by atoms with Crippen LogP contribution in [-0.2, 0) is 11.3 Å². The van der Waals surface area contributed by atoms with Crippen molar-refractivity contribution in [1.29, 1.82) is 0 Å². The molecule has 116 valence electrons. The third kappa shape index (κ3) is 2.32. The molecule has 0 spiro atoms. The van der Waals surface area contributed by atoms with Gasteiger partial charge in [0.05, 0.1) is 6.61 Å². The molecule has 0 saturated carbocycles. The fourth-order valence-electron chi connectivity index (χ4n) is 2.74. The highest BCUT2D eigenvalue weighted by molar-refractivity contribution is 5.99. The summed E-state index contributed by atoms with van der Waals surface area (Å²) in [7, 11) is 0. The molecule has 3 rings (SSSR count). The lowest BCUT2D eigenvalue weighted by Gasteiger charge is -2.04. The minimum absolute atomic E-state index is 0.345. The van der Waals surface area contributed by atoms with E-state index in [-0.39, 0.29) is 5.63 Å². The molecule has 3 aromatic rings. The number of fused-ring (bicyclic) bond motifs is 2. The molecule has 2 aromatic heterocycles. The van der Waals surface area contributed by atoms with Gasteiger partial charge in [-0.1, -0.05) is 0 Å². The van der Waals surface area contributed by atoms with E-state index in [0.29, 0.717) is 25.3 Å². The van der Waals surface area contributed by atoms with Crippen LogP contribution in [0.3, 0.4) is 0 Å². The van der Waals surface area contributed by atoms with Crippen LogP contribution in [-0.4, -0.2) is 13.2 Å². The Balaban J connectivity index is 2.24. The highest BCUT2D eigenvalue weighted by atomic mass is 16.5. The summed E-state index contributed by atoms with van der Waals surface area (Å²) in [5, 5.41) is 1.95. The Labute approximate surface area is 127 Å². The molecule has 5 heteroatoms. The third-order valence-electron chi connectivity index (χ3n) is 3.96. The molecule has 0 aliphatic heterocycles. The number of nitrogens with two attached hydrogens (primary N) is 1. The Kier molecular flexibility index (Phi) is 3.76. The maximum absolute atomic E-state index is 11.6. The van der Waals surface area contributed by atoms with Gasteiger partial charge in [-0.3, -0.25) is 0 Å². The highest BCUT2D eigenvalue weighted by Crippen LogP contribution is 2.34. The van der Waals surface area contributed by atoms with Crippen molar-refractivity contribution in [1.82, 2.24) is 0 Å². The van der Waals surface area contributed by atoms with E-state index >= 15 is 0 Å². The van der Waals surface area contributed by atoms with Gasteiger partial charge < -0.3 is 19.3 Å². The molecule has 0 atom stereocenters. The standard InChI is InChI=1S/C17H19NO4/c1-9-6-15(19)22-16-11(3)17-13(7-12(9)16)10(2)14(21-17)8-20-5-4-18/h6-7H,4-5,8,18H2,1-3H3. The zero-order chi connectivity index (χ0) is 15.9. The van der Waals surface area contributed by atoms with Crippen molar-refractivity contribution in [2.24, 2.45) is 5.73 Å². The topological polar surface area (TPSA) is 78.6 Å². The zero-order valence-corrected chi connectivity index (χ0v) is 13.0. The number of rotatable bonds is 4. The van der Waals surface area contributed by atoms with Gasteiger partial charge in [0.15, 0.2) is 0 Å². The summed E-state index contributed by atoms with van der Waals surface area (Å²) in [6.45, 7) is 7.17. The summed E-state index contributed by atoms with van der Waals surface area (Å²) in [6.07, 6.45) is 0. The Hall–Kier alpha value is -2.11. The molecule has 0 aliphatic rings. The van der Waals surface area contributed by atoms with Gasteiger partial charge in [0.1, 0.15) is 23.5 Å². The summed E-state index contributed by atoms with van der Waals surface area (Å²) in [5.74, 6) is 0.779. The van der Waals surface area contributed by atoms with Crippen LogP contribution in [0.25, 0.3) is 21.9 Å². The van der Waals surface area contributed by atoms with E-state index in [1.54, 1.807) is 0 Å². The van der Waals surface area contributed by atoms with Crippen LogP contribution in [0, 0.1) is 20.8 Å². The first-order chi connectivity index (χ1) is 10.5. The molecular formula is C17H19NO4. The number of hydrogen-bond donors (Lipinski definition) is 1. The molecule has 0 fully saturated rings. The van der Waals surface area contributed by atoms with Gasteiger partial charge in [0.2, 0.25) is 0 Å². The normalized spacial score (nSPS) is 11.6. The van der Waals surface area contributed by atoms with E-state index in [9.17, 15) is 4.79 Å². The van der Waals surface area contributed by atoms with Crippen LogP contribution in [0.15, 0.2) is 25.8 Å². The molecule has 1 aromatic carbocycles. The monoisotopic (exact) mass is 301 g/mol. The lowest BCUT2D eigenvalue weighted by Crippen LogP contribution is -2.08. The Bertz CT molecular complexity index is 905. The summed E-state index contributed by atoms with van der Waals surface area (Å²) >= 11 is 0. The SMILES string of the molecule is Cc1cc(=O)oc2c(C)c3oc(COCCN)c(C)c3cc12. The first kappa shape index (κ1) is 14.8. The molecule has 0 unspecified atom stereocenters. The fraction of sp³-hybridized carbons (Fsp3) is 0.353. The number of aryl methyl sites for hydroxylation is 3. The summed E-state index contributed by atoms with van der Waals surface area (Å²) in [4.78, 5) is 11.6. The molecule has 5 nitrogen and oxygen atoms in total. The van der Waals surface area contributed by atoms with Gasteiger partial charge in [0.25, 0.3) is 0 Å². The minimum Gasteiger partial charge on any atom is -0.458 e.